The Balaban J connectivity index is 1.77. The number of piperidine rings is 2. The predicted molar refractivity (Wildman–Crippen MR) is 58.5 cm³/mol. The number of aliphatic hydroxyl groups excluding tert-OH is 1. The third-order valence-corrected chi connectivity index (χ3v) is 3.58. The first-order chi connectivity index (χ1) is 7.24. The molecule has 15 heavy (non-hydrogen) atoms. The number of pyridine rings is 1. The highest BCUT2D eigenvalue weighted by molar-refractivity contribution is 5.46. The van der Waals surface area contributed by atoms with Crippen LogP contribution in [0.2, 0.25) is 0 Å². The van der Waals surface area contributed by atoms with Gasteiger partial charge in [-0.15, -0.1) is 0 Å². The molecular weight excluding hydrogens is 190 g/mol. The van der Waals surface area contributed by atoms with Gasteiger partial charge in [-0.25, -0.2) is 4.98 Å². The van der Waals surface area contributed by atoms with Crippen molar-refractivity contribution in [1.29, 1.82) is 0 Å². The van der Waals surface area contributed by atoms with Crippen LogP contribution in [-0.2, 0) is 0 Å². The summed E-state index contributed by atoms with van der Waals surface area (Å²) < 4.78 is 0. The number of aliphatic hydroxyl groups is 1. The van der Waals surface area contributed by atoms with Crippen molar-refractivity contribution < 1.29 is 5.11 Å². The summed E-state index contributed by atoms with van der Waals surface area (Å²) in [4.78, 5) is 6.54. The first kappa shape index (κ1) is 8.97. The molecule has 4 nitrogen and oxygen atoms in total. The number of hydrogen-bond donors (Lipinski definition) is 2. The fourth-order valence-electron chi connectivity index (χ4n) is 2.63. The lowest BCUT2D eigenvalue weighted by molar-refractivity contribution is -0.0533. The molecule has 3 aliphatic rings. The Morgan fingerprint density at radius 3 is 2.60 bits per heavy atom. The molecule has 3 heterocycles. The maximum atomic E-state index is 9.67. The Hall–Kier alpha value is -1.29. The van der Waals surface area contributed by atoms with Crippen LogP contribution in [0, 0.1) is 11.8 Å². The molecule has 0 aromatic carbocycles. The van der Waals surface area contributed by atoms with Crippen molar-refractivity contribution in [2.45, 2.75) is 12.5 Å². The SMILES string of the molecule is Nc1ccc(N2C[C@H]3C[C@@H](C2)C3O)nc1. The molecule has 2 aliphatic heterocycles. The average Bonchev–Trinajstić information content (AvgIpc) is 2.29. The summed E-state index contributed by atoms with van der Waals surface area (Å²) >= 11 is 0. The number of aromatic nitrogens is 1. The smallest absolute Gasteiger partial charge is 0.128 e. The Morgan fingerprint density at radius 2 is 2.07 bits per heavy atom. The van der Waals surface area contributed by atoms with Gasteiger partial charge in [-0.05, 0) is 18.6 Å². The molecule has 3 N–H and O–H groups in total. The van der Waals surface area contributed by atoms with E-state index in [0.717, 1.165) is 18.9 Å². The molecule has 1 aromatic rings. The molecule has 80 valence electrons. The van der Waals surface area contributed by atoms with Crippen LogP contribution in [0.3, 0.4) is 0 Å². The van der Waals surface area contributed by atoms with E-state index in [2.05, 4.69) is 9.88 Å². The first-order valence-corrected chi connectivity index (χ1v) is 5.38. The second-order valence-corrected chi connectivity index (χ2v) is 4.60. The van der Waals surface area contributed by atoms with E-state index < -0.39 is 0 Å². The van der Waals surface area contributed by atoms with E-state index in [4.69, 9.17) is 5.73 Å². The van der Waals surface area contributed by atoms with Crippen LogP contribution >= 0.6 is 0 Å². The van der Waals surface area contributed by atoms with Gasteiger partial charge in [0.2, 0.25) is 0 Å². The molecule has 3 fully saturated rings. The Morgan fingerprint density at radius 1 is 1.33 bits per heavy atom. The lowest BCUT2D eigenvalue weighted by Crippen LogP contribution is -2.58. The molecular formula is C11H15N3O. The predicted octanol–water partition coefficient (Wildman–Crippen LogP) is 0.481. The van der Waals surface area contributed by atoms with Gasteiger partial charge < -0.3 is 15.7 Å². The van der Waals surface area contributed by atoms with E-state index in [1.807, 2.05) is 12.1 Å². The number of hydrogen-bond acceptors (Lipinski definition) is 4. The molecule has 2 saturated heterocycles. The van der Waals surface area contributed by atoms with Crippen molar-refractivity contribution >= 4 is 11.5 Å². The van der Waals surface area contributed by atoms with Gasteiger partial charge in [0.05, 0.1) is 18.0 Å². The molecule has 0 radical (unpaired) electrons. The maximum Gasteiger partial charge on any atom is 0.128 e. The average molecular weight is 205 g/mol. The summed E-state index contributed by atoms with van der Waals surface area (Å²) in [5.74, 6) is 1.87. The summed E-state index contributed by atoms with van der Waals surface area (Å²) in [7, 11) is 0. The van der Waals surface area contributed by atoms with Crippen molar-refractivity contribution in [3.63, 3.8) is 0 Å². The summed E-state index contributed by atoms with van der Waals surface area (Å²) in [5, 5.41) is 9.67. The lowest BCUT2D eigenvalue weighted by atomic mass is 9.68. The molecule has 4 heteroatoms. The minimum absolute atomic E-state index is 0.0740. The van der Waals surface area contributed by atoms with Crippen molar-refractivity contribution in [1.82, 2.24) is 4.98 Å². The molecule has 4 rings (SSSR count). The van der Waals surface area contributed by atoms with Crippen LogP contribution in [0.25, 0.3) is 0 Å². The fraction of sp³-hybridized carbons (Fsp3) is 0.545. The van der Waals surface area contributed by atoms with E-state index >= 15 is 0 Å². The normalized spacial score (nSPS) is 33.7. The van der Waals surface area contributed by atoms with Gasteiger partial charge in [-0.1, -0.05) is 0 Å². The topological polar surface area (TPSA) is 62.4 Å². The molecule has 1 aromatic heterocycles. The zero-order valence-corrected chi connectivity index (χ0v) is 8.50. The van der Waals surface area contributed by atoms with Crippen molar-refractivity contribution in [3.05, 3.63) is 18.3 Å². The van der Waals surface area contributed by atoms with Crippen LogP contribution in [0.4, 0.5) is 11.5 Å². The molecule has 3 atom stereocenters. The Bertz CT molecular complexity index is 353. The van der Waals surface area contributed by atoms with E-state index in [-0.39, 0.29) is 6.10 Å². The number of fused-ring (bicyclic) bond motifs is 2. The Labute approximate surface area is 88.7 Å². The molecule has 1 saturated carbocycles. The fourth-order valence-corrected chi connectivity index (χ4v) is 2.63. The van der Waals surface area contributed by atoms with E-state index in [1.165, 1.54) is 6.42 Å². The van der Waals surface area contributed by atoms with Crippen LogP contribution in [0.1, 0.15) is 6.42 Å². The third-order valence-electron chi connectivity index (χ3n) is 3.58. The Kier molecular flexibility index (Phi) is 1.85. The minimum Gasteiger partial charge on any atom is -0.397 e. The summed E-state index contributed by atoms with van der Waals surface area (Å²) in [6, 6.07) is 3.82. The second-order valence-electron chi connectivity index (χ2n) is 4.60. The quantitative estimate of drug-likeness (QED) is 0.700. The van der Waals surface area contributed by atoms with Gasteiger partial charge in [-0.3, -0.25) is 0 Å². The van der Waals surface area contributed by atoms with Crippen LogP contribution in [0.15, 0.2) is 18.3 Å². The van der Waals surface area contributed by atoms with Crippen LogP contribution < -0.4 is 10.6 Å². The zero-order chi connectivity index (χ0) is 10.4. The summed E-state index contributed by atoms with van der Waals surface area (Å²) in [6.07, 6.45) is 2.79. The summed E-state index contributed by atoms with van der Waals surface area (Å²) in [6.45, 7) is 1.85. The van der Waals surface area contributed by atoms with Gasteiger partial charge >= 0.3 is 0 Å². The molecule has 1 aliphatic carbocycles. The summed E-state index contributed by atoms with van der Waals surface area (Å²) in [5.41, 5.74) is 6.29. The first-order valence-electron chi connectivity index (χ1n) is 5.38. The number of nitrogens with zero attached hydrogens (tertiary/aromatic N) is 2. The van der Waals surface area contributed by atoms with Crippen molar-refractivity contribution in [2.24, 2.45) is 11.8 Å². The molecule has 1 unspecified atom stereocenters. The molecule has 0 spiro atoms. The van der Waals surface area contributed by atoms with Gasteiger partial charge in [-0.2, -0.15) is 0 Å². The monoisotopic (exact) mass is 205 g/mol. The van der Waals surface area contributed by atoms with Crippen LogP contribution in [-0.4, -0.2) is 29.3 Å². The van der Waals surface area contributed by atoms with Gasteiger partial charge in [0.1, 0.15) is 5.82 Å². The van der Waals surface area contributed by atoms with Gasteiger partial charge in [0.25, 0.3) is 0 Å². The van der Waals surface area contributed by atoms with Crippen molar-refractivity contribution in [2.75, 3.05) is 23.7 Å². The maximum absolute atomic E-state index is 9.67. The number of rotatable bonds is 1. The highest BCUT2D eigenvalue weighted by Gasteiger charge is 2.45. The van der Waals surface area contributed by atoms with E-state index in [0.29, 0.717) is 17.5 Å². The zero-order valence-electron chi connectivity index (χ0n) is 8.50. The molecule has 2 bridgehead atoms. The highest BCUT2D eigenvalue weighted by Crippen LogP contribution is 2.40. The highest BCUT2D eigenvalue weighted by atomic mass is 16.3. The van der Waals surface area contributed by atoms with Gasteiger partial charge in [0, 0.05) is 24.9 Å². The number of nitrogens with two attached hydrogens (primary N) is 1. The molecule has 0 amide bonds. The lowest BCUT2D eigenvalue weighted by Gasteiger charge is -2.51. The minimum atomic E-state index is -0.0740. The number of nitrogen functional groups attached to an aromatic ring is 1. The van der Waals surface area contributed by atoms with Crippen LogP contribution in [0.5, 0.6) is 0 Å². The largest absolute Gasteiger partial charge is 0.397 e. The number of anilines is 2. The van der Waals surface area contributed by atoms with E-state index in [1.54, 1.807) is 6.20 Å². The van der Waals surface area contributed by atoms with Gasteiger partial charge in [0.15, 0.2) is 0 Å². The van der Waals surface area contributed by atoms with Crippen molar-refractivity contribution in [3.8, 4) is 0 Å². The second kappa shape index (κ2) is 3.10. The standard InChI is InChI=1S/C11H15N3O/c12-9-1-2-10(13-4-9)14-5-7-3-8(6-14)11(7)15/h1-2,4,7-8,11,15H,3,5-6,12H2/t7-,8+,11?. The third kappa shape index (κ3) is 1.36. The van der Waals surface area contributed by atoms with E-state index in [9.17, 15) is 5.11 Å².